The molecule has 3 heteroatoms. The van der Waals surface area contributed by atoms with Gasteiger partial charge in [0.05, 0.1) is 0 Å². The second-order valence-corrected chi connectivity index (χ2v) is 4.96. The molecule has 1 aromatic carbocycles. The van der Waals surface area contributed by atoms with E-state index >= 15 is 0 Å². The summed E-state index contributed by atoms with van der Waals surface area (Å²) in [5.74, 6) is 0. The molecule has 0 bridgehead atoms. The molecule has 0 radical (unpaired) electrons. The molecule has 0 aromatic heterocycles. The van der Waals surface area contributed by atoms with Gasteiger partial charge in [-0.1, -0.05) is 34.1 Å². The lowest BCUT2D eigenvalue weighted by molar-refractivity contribution is 0.147. The van der Waals surface area contributed by atoms with Gasteiger partial charge in [0.1, 0.15) is 4.83 Å². The van der Waals surface area contributed by atoms with Gasteiger partial charge in [-0.2, -0.15) is 0 Å². The summed E-state index contributed by atoms with van der Waals surface area (Å²) in [6.07, 6.45) is 2.19. The van der Waals surface area contributed by atoms with Gasteiger partial charge in [-0.05, 0) is 42.4 Å². The van der Waals surface area contributed by atoms with Crippen LogP contribution in [0.5, 0.6) is 0 Å². The van der Waals surface area contributed by atoms with Crippen molar-refractivity contribution in [3.8, 4) is 0 Å². The first-order valence-corrected chi connectivity index (χ1v) is 6.14. The summed E-state index contributed by atoms with van der Waals surface area (Å²) in [4.78, 5) is -0.829. The van der Waals surface area contributed by atoms with Crippen LogP contribution in [0.1, 0.15) is 34.4 Å². The first kappa shape index (κ1) is 11.1. The van der Waals surface area contributed by atoms with Gasteiger partial charge in [-0.25, -0.2) is 8.78 Å². The average molecular weight is 275 g/mol. The number of fused-ring (bicyclic) bond motifs is 1. The van der Waals surface area contributed by atoms with Crippen LogP contribution in [-0.4, -0.2) is 6.43 Å². The van der Waals surface area contributed by atoms with Crippen LogP contribution < -0.4 is 0 Å². The van der Waals surface area contributed by atoms with Crippen molar-refractivity contribution in [3.63, 3.8) is 0 Å². The summed E-state index contributed by atoms with van der Waals surface area (Å²) < 4.78 is 25.0. The van der Waals surface area contributed by atoms with E-state index in [4.69, 9.17) is 0 Å². The van der Waals surface area contributed by atoms with Crippen LogP contribution in [0.25, 0.3) is 0 Å². The molecule has 1 unspecified atom stereocenters. The zero-order valence-electron chi connectivity index (χ0n) is 8.35. The van der Waals surface area contributed by atoms with Crippen molar-refractivity contribution >= 4 is 15.9 Å². The Morgan fingerprint density at radius 3 is 2.40 bits per heavy atom. The fourth-order valence-corrected chi connectivity index (χ4v) is 2.36. The third-order valence-corrected chi connectivity index (χ3v) is 3.84. The van der Waals surface area contributed by atoms with E-state index in [0.29, 0.717) is 5.56 Å². The van der Waals surface area contributed by atoms with E-state index in [0.717, 1.165) is 12.8 Å². The van der Waals surface area contributed by atoms with Crippen molar-refractivity contribution in [2.45, 2.75) is 36.9 Å². The molecule has 82 valence electrons. The Hall–Kier alpha value is -0.440. The first-order valence-electron chi connectivity index (χ1n) is 5.22. The highest BCUT2D eigenvalue weighted by atomic mass is 79.9. The summed E-state index contributed by atoms with van der Waals surface area (Å²) in [7, 11) is 0. The molecule has 0 fully saturated rings. The minimum absolute atomic E-state index is 0.700. The molecule has 1 atom stereocenters. The molecule has 0 nitrogen and oxygen atoms in total. The lowest BCUT2D eigenvalue weighted by Gasteiger charge is -2.18. The van der Waals surface area contributed by atoms with E-state index in [9.17, 15) is 8.78 Å². The van der Waals surface area contributed by atoms with Gasteiger partial charge in [0.15, 0.2) is 0 Å². The minimum atomic E-state index is -2.34. The molecule has 1 aromatic rings. The second kappa shape index (κ2) is 4.60. The van der Waals surface area contributed by atoms with Gasteiger partial charge in [0, 0.05) is 0 Å². The maximum atomic E-state index is 12.5. The van der Waals surface area contributed by atoms with Crippen LogP contribution in [0.2, 0.25) is 0 Å². The van der Waals surface area contributed by atoms with E-state index in [1.165, 1.54) is 24.0 Å². The van der Waals surface area contributed by atoms with Crippen LogP contribution in [0.4, 0.5) is 8.78 Å². The maximum Gasteiger partial charge on any atom is 0.255 e. The molecule has 0 amide bonds. The van der Waals surface area contributed by atoms with Crippen molar-refractivity contribution in [2.75, 3.05) is 0 Å². The average Bonchev–Trinajstić information content (AvgIpc) is 2.27. The van der Waals surface area contributed by atoms with Crippen molar-refractivity contribution < 1.29 is 8.78 Å². The Morgan fingerprint density at radius 1 is 1.07 bits per heavy atom. The summed E-state index contributed by atoms with van der Waals surface area (Å²) in [6.45, 7) is 0. The van der Waals surface area contributed by atoms with Crippen molar-refractivity contribution in [1.29, 1.82) is 0 Å². The summed E-state index contributed by atoms with van der Waals surface area (Å²) in [6, 6.07) is 5.75. The Balaban J connectivity index is 2.27. The highest BCUT2D eigenvalue weighted by molar-refractivity contribution is 9.09. The lowest BCUT2D eigenvalue weighted by Crippen LogP contribution is -2.06. The van der Waals surface area contributed by atoms with E-state index in [-0.39, 0.29) is 0 Å². The fraction of sp³-hybridized carbons (Fsp3) is 0.500. The van der Waals surface area contributed by atoms with Crippen LogP contribution in [0, 0.1) is 0 Å². The molecule has 0 spiro atoms. The van der Waals surface area contributed by atoms with E-state index in [1.807, 2.05) is 18.2 Å². The minimum Gasteiger partial charge on any atom is -0.209 e. The van der Waals surface area contributed by atoms with Gasteiger partial charge >= 0.3 is 0 Å². The molecule has 1 aliphatic carbocycles. The largest absolute Gasteiger partial charge is 0.255 e. The Kier molecular flexibility index (Phi) is 3.39. The standard InChI is InChI=1S/C12H13BrF2/c13-11(12(14)15)10-6-5-8-3-1-2-4-9(8)7-10/h5-7,11-12H,1-4H2. The summed E-state index contributed by atoms with van der Waals surface area (Å²) in [5.41, 5.74) is 3.29. The maximum absolute atomic E-state index is 12.5. The van der Waals surface area contributed by atoms with Crippen molar-refractivity contribution in [3.05, 3.63) is 34.9 Å². The van der Waals surface area contributed by atoms with Crippen molar-refractivity contribution in [2.24, 2.45) is 0 Å². The van der Waals surface area contributed by atoms with Crippen LogP contribution in [-0.2, 0) is 12.8 Å². The summed E-state index contributed by atoms with van der Waals surface area (Å²) in [5, 5.41) is 0. The van der Waals surface area contributed by atoms with Gasteiger partial charge in [-0.15, -0.1) is 0 Å². The van der Waals surface area contributed by atoms with E-state index in [2.05, 4.69) is 15.9 Å². The Morgan fingerprint density at radius 2 is 1.73 bits per heavy atom. The second-order valence-electron chi connectivity index (χ2n) is 3.97. The molecular formula is C12H13BrF2. The number of hydrogen-bond donors (Lipinski definition) is 0. The normalized spacial score (nSPS) is 17.6. The topological polar surface area (TPSA) is 0 Å². The predicted molar refractivity (Wildman–Crippen MR) is 60.8 cm³/mol. The summed E-state index contributed by atoms with van der Waals surface area (Å²) >= 11 is 3.03. The molecule has 0 aliphatic heterocycles. The van der Waals surface area contributed by atoms with Crippen LogP contribution >= 0.6 is 15.9 Å². The fourth-order valence-electron chi connectivity index (χ4n) is 2.07. The zero-order chi connectivity index (χ0) is 10.8. The third-order valence-electron chi connectivity index (χ3n) is 2.91. The molecule has 0 saturated heterocycles. The molecule has 0 saturated carbocycles. The van der Waals surface area contributed by atoms with Crippen LogP contribution in [0.3, 0.4) is 0 Å². The number of benzene rings is 1. The predicted octanol–water partition coefficient (Wildman–Crippen LogP) is 4.27. The van der Waals surface area contributed by atoms with Gasteiger partial charge in [0.2, 0.25) is 0 Å². The molecule has 0 N–H and O–H groups in total. The highest BCUT2D eigenvalue weighted by Gasteiger charge is 2.20. The smallest absolute Gasteiger partial charge is 0.209 e. The van der Waals surface area contributed by atoms with E-state index in [1.54, 1.807) is 0 Å². The van der Waals surface area contributed by atoms with Gasteiger partial charge < -0.3 is 0 Å². The monoisotopic (exact) mass is 274 g/mol. The Bertz CT molecular complexity index is 349. The van der Waals surface area contributed by atoms with Crippen LogP contribution in [0.15, 0.2) is 18.2 Å². The number of rotatable bonds is 2. The molecule has 2 rings (SSSR count). The van der Waals surface area contributed by atoms with Crippen molar-refractivity contribution in [1.82, 2.24) is 0 Å². The van der Waals surface area contributed by atoms with Gasteiger partial charge in [-0.3, -0.25) is 0 Å². The van der Waals surface area contributed by atoms with E-state index < -0.39 is 11.3 Å². The molecule has 1 aliphatic rings. The number of halogens is 3. The SMILES string of the molecule is FC(F)C(Br)c1ccc2c(c1)CCCC2. The number of aryl methyl sites for hydroxylation is 2. The zero-order valence-corrected chi connectivity index (χ0v) is 9.94. The number of hydrogen-bond acceptors (Lipinski definition) is 0. The molecular weight excluding hydrogens is 262 g/mol. The Labute approximate surface area is 96.8 Å². The first-order chi connectivity index (χ1) is 7.18. The number of alkyl halides is 3. The molecule has 15 heavy (non-hydrogen) atoms. The quantitative estimate of drug-likeness (QED) is 0.707. The lowest BCUT2D eigenvalue weighted by atomic mass is 9.90. The molecule has 0 heterocycles. The van der Waals surface area contributed by atoms with Gasteiger partial charge in [0.25, 0.3) is 6.43 Å². The highest BCUT2D eigenvalue weighted by Crippen LogP contribution is 2.32. The third kappa shape index (κ3) is 2.39.